The van der Waals surface area contributed by atoms with Crippen LogP contribution in [0.2, 0.25) is 0 Å². The third kappa shape index (κ3) is 5.04. The smallest absolute Gasteiger partial charge is 0.253 e. The van der Waals surface area contributed by atoms with Gasteiger partial charge in [-0.15, -0.1) is 0 Å². The van der Waals surface area contributed by atoms with E-state index in [2.05, 4.69) is 35.8 Å². The first-order valence-electron chi connectivity index (χ1n) is 10.8. The van der Waals surface area contributed by atoms with E-state index in [1.54, 1.807) is 0 Å². The van der Waals surface area contributed by atoms with Crippen molar-refractivity contribution in [3.8, 4) is 0 Å². The molecule has 0 aromatic heterocycles. The Morgan fingerprint density at radius 1 is 0.857 bits per heavy atom. The number of carbonyl (C=O) groups is 2. The molecule has 6 nitrogen and oxygen atoms in total. The van der Waals surface area contributed by atoms with Crippen LogP contribution >= 0.6 is 0 Å². The number of anilines is 1. The fourth-order valence-electron chi connectivity index (χ4n) is 4.08. The average molecular weight is 387 g/mol. The van der Waals surface area contributed by atoms with Gasteiger partial charge >= 0.3 is 0 Å². The average Bonchev–Trinajstić information content (AvgIpc) is 3.29. The van der Waals surface area contributed by atoms with Crippen molar-refractivity contribution in [3.05, 3.63) is 29.8 Å². The molecule has 3 rings (SSSR count). The summed E-state index contributed by atoms with van der Waals surface area (Å²) >= 11 is 0. The summed E-state index contributed by atoms with van der Waals surface area (Å²) in [6.45, 7) is 11.7. The highest BCUT2D eigenvalue weighted by molar-refractivity contribution is 5.94. The normalized spacial score (nSPS) is 17.5. The van der Waals surface area contributed by atoms with Crippen LogP contribution in [-0.2, 0) is 4.79 Å². The Kier molecular flexibility index (Phi) is 7.31. The lowest BCUT2D eigenvalue weighted by Gasteiger charge is -2.35. The first-order chi connectivity index (χ1) is 13.6. The Hall–Kier alpha value is -2.08. The van der Waals surface area contributed by atoms with Crippen LogP contribution in [0.4, 0.5) is 5.69 Å². The molecule has 154 valence electrons. The molecule has 6 heteroatoms. The van der Waals surface area contributed by atoms with E-state index in [0.717, 1.165) is 38.3 Å². The summed E-state index contributed by atoms with van der Waals surface area (Å²) in [5.74, 6) is 0.275. The maximum absolute atomic E-state index is 12.8. The van der Waals surface area contributed by atoms with E-state index in [1.165, 1.54) is 18.5 Å². The molecule has 2 aliphatic heterocycles. The van der Waals surface area contributed by atoms with E-state index in [0.29, 0.717) is 32.6 Å². The fraction of sp³-hybridized carbons (Fsp3) is 0.636. The summed E-state index contributed by atoms with van der Waals surface area (Å²) < 4.78 is 0. The molecule has 0 N–H and O–H groups in total. The molecule has 2 fully saturated rings. The Bertz CT molecular complexity index is 643. The second kappa shape index (κ2) is 9.92. The number of hydrogen-bond acceptors (Lipinski definition) is 4. The molecule has 0 radical (unpaired) electrons. The van der Waals surface area contributed by atoms with Crippen molar-refractivity contribution < 1.29 is 9.59 Å². The number of benzene rings is 1. The maximum atomic E-state index is 12.8. The lowest BCUT2D eigenvalue weighted by Crippen LogP contribution is -2.51. The molecule has 0 atom stereocenters. The van der Waals surface area contributed by atoms with Crippen molar-refractivity contribution in [1.29, 1.82) is 0 Å². The topological polar surface area (TPSA) is 47.1 Å². The van der Waals surface area contributed by atoms with E-state index in [4.69, 9.17) is 0 Å². The molecule has 0 aliphatic carbocycles. The largest absolute Gasteiger partial charge is 0.372 e. The highest BCUT2D eigenvalue weighted by atomic mass is 16.2. The molecule has 0 saturated carbocycles. The molecule has 2 aliphatic rings. The number of nitrogens with zero attached hydrogens (tertiary/aromatic N) is 4. The number of rotatable bonds is 7. The molecule has 0 unspecified atom stereocenters. The van der Waals surface area contributed by atoms with Gasteiger partial charge in [-0.2, -0.15) is 0 Å². The standard InChI is InChI=1S/C22H34N4O2/c1-3-23(4-2)14-11-21(27)25-15-17-26(18-16-25)22(28)19-7-9-20(10-8-19)24-12-5-6-13-24/h7-10H,3-6,11-18H2,1-2H3. The van der Waals surface area contributed by atoms with Gasteiger partial charge in [0.25, 0.3) is 5.91 Å². The quantitative estimate of drug-likeness (QED) is 0.721. The van der Waals surface area contributed by atoms with Crippen LogP contribution in [0.1, 0.15) is 43.5 Å². The molecular formula is C22H34N4O2. The summed E-state index contributed by atoms with van der Waals surface area (Å²) in [5, 5.41) is 0. The molecule has 2 amide bonds. The van der Waals surface area contributed by atoms with Crippen LogP contribution in [0.3, 0.4) is 0 Å². The van der Waals surface area contributed by atoms with Crippen LogP contribution in [0, 0.1) is 0 Å². The SMILES string of the molecule is CCN(CC)CCC(=O)N1CCN(C(=O)c2ccc(N3CCCC3)cc2)CC1. The molecule has 0 spiro atoms. The molecule has 1 aromatic carbocycles. The van der Waals surface area contributed by atoms with Gasteiger partial charge in [0.05, 0.1) is 0 Å². The van der Waals surface area contributed by atoms with Gasteiger partial charge < -0.3 is 19.6 Å². The summed E-state index contributed by atoms with van der Waals surface area (Å²) in [4.78, 5) is 33.7. The third-order valence-corrected chi connectivity index (χ3v) is 6.04. The number of hydrogen-bond donors (Lipinski definition) is 0. The molecule has 2 saturated heterocycles. The first kappa shape index (κ1) is 20.6. The number of carbonyl (C=O) groups excluding carboxylic acids is 2. The van der Waals surface area contributed by atoms with E-state index >= 15 is 0 Å². The van der Waals surface area contributed by atoms with Crippen molar-refractivity contribution in [3.63, 3.8) is 0 Å². The Balaban J connectivity index is 1.47. The summed E-state index contributed by atoms with van der Waals surface area (Å²) in [7, 11) is 0. The molecule has 1 aromatic rings. The van der Waals surface area contributed by atoms with Crippen molar-refractivity contribution in [2.45, 2.75) is 33.1 Å². The van der Waals surface area contributed by atoms with Crippen LogP contribution < -0.4 is 4.90 Å². The van der Waals surface area contributed by atoms with Crippen LogP contribution in [-0.4, -0.2) is 85.4 Å². The van der Waals surface area contributed by atoms with E-state index < -0.39 is 0 Å². The van der Waals surface area contributed by atoms with Gasteiger partial charge in [-0.05, 0) is 50.2 Å². The zero-order chi connectivity index (χ0) is 19.9. The van der Waals surface area contributed by atoms with Crippen LogP contribution in [0.25, 0.3) is 0 Å². The monoisotopic (exact) mass is 386 g/mol. The van der Waals surface area contributed by atoms with E-state index in [9.17, 15) is 9.59 Å². The molecule has 0 bridgehead atoms. The first-order valence-corrected chi connectivity index (χ1v) is 10.8. The van der Waals surface area contributed by atoms with Gasteiger partial charge in [-0.25, -0.2) is 0 Å². The van der Waals surface area contributed by atoms with Crippen molar-refractivity contribution in [2.24, 2.45) is 0 Å². The highest BCUT2D eigenvalue weighted by Crippen LogP contribution is 2.21. The van der Waals surface area contributed by atoms with Crippen molar-refractivity contribution in [1.82, 2.24) is 14.7 Å². The Morgan fingerprint density at radius 2 is 1.43 bits per heavy atom. The second-order valence-corrected chi connectivity index (χ2v) is 7.69. The van der Waals surface area contributed by atoms with Gasteiger partial charge in [0.1, 0.15) is 0 Å². The predicted octanol–water partition coefficient (Wildman–Crippen LogP) is 2.30. The summed E-state index contributed by atoms with van der Waals surface area (Å²) in [5.41, 5.74) is 1.95. The summed E-state index contributed by atoms with van der Waals surface area (Å²) in [6.07, 6.45) is 3.06. The Morgan fingerprint density at radius 3 is 2.00 bits per heavy atom. The van der Waals surface area contributed by atoms with E-state index in [-0.39, 0.29) is 11.8 Å². The third-order valence-electron chi connectivity index (χ3n) is 6.04. The van der Waals surface area contributed by atoms with Crippen LogP contribution in [0.15, 0.2) is 24.3 Å². The minimum Gasteiger partial charge on any atom is -0.372 e. The lowest BCUT2D eigenvalue weighted by molar-refractivity contribution is -0.133. The van der Waals surface area contributed by atoms with Crippen LogP contribution in [0.5, 0.6) is 0 Å². The predicted molar refractivity (Wildman–Crippen MR) is 113 cm³/mol. The Labute approximate surface area is 169 Å². The highest BCUT2D eigenvalue weighted by Gasteiger charge is 2.25. The fourth-order valence-corrected chi connectivity index (χ4v) is 4.08. The van der Waals surface area contributed by atoms with Gasteiger partial charge in [0.2, 0.25) is 5.91 Å². The van der Waals surface area contributed by atoms with Crippen molar-refractivity contribution >= 4 is 17.5 Å². The van der Waals surface area contributed by atoms with Crippen molar-refractivity contribution in [2.75, 3.05) is 63.8 Å². The minimum atomic E-state index is 0.0724. The number of piperazine rings is 1. The molecule has 2 heterocycles. The zero-order valence-electron chi connectivity index (χ0n) is 17.4. The lowest BCUT2D eigenvalue weighted by atomic mass is 10.1. The van der Waals surface area contributed by atoms with Gasteiger partial charge in [-0.3, -0.25) is 9.59 Å². The van der Waals surface area contributed by atoms with Gasteiger partial charge in [0.15, 0.2) is 0 Å². The van der Waals surface area contributed by atoms with Gasteiger partial charge in [-0.1, -0.05) is 13.8 Å². The molecular weight excluding hydrogens is 352 g/mol. The molecule has 28 heavy (non-hydrogen) atoms. The zero-order valence-corrected chi connectivity index (χ0v) is 17.4. The van der Waals surface area contributed by atoms with E-state index in [1.807, 2.05) is 21.9 Å². The number of amides is 2. The second-order valence-electron chi connectivity index (χ2n) is 7.69. The van der Waals surface area contributed by atoms with Gasteiger partial charge in [0, 0.05) is 63.5 Å². The maximum Gasteiger partial charge on any atom is 0.253 e. The minimum absolute atomic E-state index is 0.0724. The summed E-state index contributed by atoms with van der Waals surface area (Å²) in [6, 6.07) is 8.01.